The molecule has 3 rings (SSSR count). The molecule has 35 heavy (non-hydrogen) atoms. The van der Waals surface area contributed by atoms with Gasteiger partial charge >= 0.3 is 17.8 Å². The number of aryl methyl sites for hydroxylation is 1. The molecule has 11 nitrogen and oxygen atoms in total. The van der Waals surface area contributed by atoms with Crippen molar-refractivity contribution in [3.05, 3.63) is 31.3 Å². The average Bonchev–Trinajstić information content (AvgIpc) is 3.00. The number of hydrazine groups is 1. The van der Waals surface area contributed by atoms with Crippen molar-refractivity contribution in [2.24, 2.45) is 11.1 Å². The van der Waals surface area contributed by atoms with Crippen LogP contribution in [0, 0.1) is 12.3 Å². The molecule has 0 aromatic carbocycles. The van der Waals surface area contributed by atoms with Crippen molar-refractivity contribution in [3.8, 4) is 0 Å². The minimum Gasteiger partial charge on any atom is -0.443 e. The zero-order valence-corrected chi connectivity index (χ0v) is 22.2. The Morgan fingerprint density at radius 2 is 1.89 bits per heavy atom. The highest BCUT2D eigenvalue weighted by atomic mass is 32.1. The van der Waals surface area contributed by atoms with Crippen molar-refractivity contribution in [2.75, 3.05) is 13.7 Å². The number of hydrogen-bond donors (Lipinski definition) is 2. The molecule has 1 fully saturated rings. The van der Waals surface area contributed by atoms with Gasteiger partial charge in [0.1, 0.15) is 10.4 Å². The van der Waals surface area contributed by atoms with E-state index >= 15 is 0 Å². The van der Waals surface area contributed by atoms with E-state index in [1.807, 2.05) is 0 Å². The second kappa shape index (κ2) is 9.65. The van der Waals surface area contributed by atoms with E-state index in [-0.39, 0.29) is 35.8 Å². The van der Waals surface area contributed by atoms with Crippen LogP contribution in [0.4, 0.5) is 9.59 Å². The molecule has 0 bridgehead atoms. The van der Waals surface area contributed by atoms with Gasteiger partial charge in [0, 0.05) is 18.0 Å². The summed E-state index contributed by atoms with van der Waals surface area (Å²) in [5.41, 5.74) is 7.08. The van der Waals surface area contributed by atoms with Gasteiger partial charge in [0.05, 0.1) is 25.1 Å². The summed E-state index contributed by atoms with van der Waals surface area (Å²) in [6, 6.07) is -1.06. The highest BCUT2D eigenvalue weighted by Gasteiger charge is 2.39. The number of carbonyl (C=O) groups is 2. The smallest absolute Gasteiger partial charge is 0.426 e. The maximum Gasteiger partial charge on any atom is 0.426 e. The van der Waals surface area contributed by atoms with Gasteiger partial charge in [0.15, 0.2) is 0 Å². The van der Waals surface area contributed by atoms with Crippen molar-refractivity contribution < 1.29 is 19.1 Å². The molecular formula is C23H35N5O6S. The van der Waals surface area contributed by atoms with Gasteiger partial charge < -0.3 is 15.2 Å². The van der Waals surface area contributed by atoms with Gasteiger partial charge in [-0.2, -0.15) is 0 Å². The number of urea groups is 1. The lowest BCUT2D eigenvalue weighted by Gasteiger charge is -2.43. The third kappa shape index (κ3) is 5.69. The third-order valence-electron chi connectivity index (χ3n) is 6.00. The van der Waals surface area contributed by atoms with E-state index in [0.717, 1.165) is 17.9 Å². The van der Waals surface area contributed by atoms with E-state index in [1.54, 1.807) is 39.4 Å². The Hall–Kier alpha value is -2.86. The van der Waals surface area contributed by atoms with Crippen LogP contribution in [-0.2, 0) is 22.6 Å². The lowest BCUT2D eigenvalue weighted by Crippen LogP contribution is -2.49. The number of primary amides is 1. The average molecular weight is 510 g/mol. The van der Waals surface area contributed by atoms with E-state index < -0.39 is 17.7 Å². The summed E-state index contributed by atoms with van der Waals surface area (Å²) >= 11 is 1.21. The molecule has 1 aliphatic carbocycles. The van der Waals surface area contributed by atoms with E-state index in [4.69, 9.17) is 15.2 Å². The first kappa shape index (κ1) is 26.7. The van der Waals surface area contributed by atoms with Crippen LogP contribution in [0.15, 0.2) is 9.59 Å². The van der Waals surface area contributed by atoms with Gasteiger partial charge in [-0.15, -0.1) is 11.3 Å². The van der Waals surface area contributed by atoms with E-state index in [0.29, 0.717) is 27.3 Å². The molecule has 1 saturated carbocycles. The molecule has 3 amide bonds. The third-order valence-corrected chi connectivity index (χ3v) is 7.29. The summed E-state index contributed by atoms with van der Waals surface area (Å²) in [7, 11) is 1.55. The molecule has 0 spiro atoms. The van der Waals surface area contributed by atoms with Gasteiger partial charge in [0.2, 0.25) is 0 Å². The van der Waals surface area contributed by atoms with Crippen molar-refractivity contribution in [1.29, 1.82) is 0 Å². The topological polar surface area (TPSA) is 138 Å². The number of nitrogens with two attached hydrogens (primary N) is 1. The predicted octanol–water partition coefficient (Wildman–Crippen LogP) is 2.86. The molecule has 0 aliphatic heterocycles. The van der Waals surface area contributed by atoms with Gasteiger partial charge in [-0.05, 0) is 51.5 Å². The van der Waals surface area contributed by atoms with Crippen molar-refractivity contribution in [2.45, 2.75) is 79.1 Å². The van der Waals surface area contributed by atoms with Gasteiger partial charge in [0.25, 0.3) is 5.56 Å². The lowest BCUT2D eigenvalue weighted by molar-refractivity contribution is 0.0376. The summed E-state index contributed by atoms with van der Waals surface area (Å²) in [6.07, 6.45) is 0.647. The number of nitrogens with zero attached hydrogens (tertiary/aromatic N) is 3. The number of amides is 3. The first-order valence-electron chi connectivity index (χ1n) is 11.5. The first-order chi connectivity index (χ1) is 16.1. The van der Waals surface area contributed by atoms with Crippen LogP contribution in [0.25, 0.3) is 10.2 Å². The van der Waals surface area contributed by atoms with Gasteiger partial charge in [-0.3, -0.25) is 13.9 Å². The molecule has 0 saturated heterocycles. The Labute approximate surface area is 207 Å². The van der Waals surface area contributed by atoms with Crippen LogP contribution >= 0.6 is 11.3 Å². The Morgan fingerprint density at radius 1 is 1.26 bits per heavy atom. The van der Waals surface area contributed by atoms with Crippen LogP contribution in [0.1, 0.15) is 63.9 Å². The van der Waals surface area contributed by atoms with Gasteiger partial charge in [-0.1, -0.05) is 13.8 Å². The maximum absolute atomic E-state index is 13.5. The normalized spacial score (nSPS) is 15.6. The summed E-state index contributed by atoms with van der Waals surface area (Å²) in [4.78, 5) is 52.3. The molecule has 3 N–H and O–H groups in total. The quantitative estimate of drug-likeness (QED) is 0.574. The number of hydrogen-bond acceptors (Lipinski definition) is 7. The number of rotatable bonds is 6. The van der Waals surface area contributed by atoms with Crippen LogP contribution in [0.3, 0.4) is 0 Å². The Balaban J connectivity index is 2.06. The summed E-state index contributed by atoms with van der Waals surface area (Å²) in [5, 5.41) is 1.35. The SMILES string of the molecule is COCCn1c(=O)n(C2CC(C)(C)C2)c(=O)c2c(C)c(CN(NC(=O)OC(C)(C)C)C(N)=O)sc21. The predicted molar refractivity (Wildman–Crippen MR) is 134 cm³/mol. The number of methoxy groups -OCH3 is 1. The van der Waals surface area contributed by atoms with E-state index in [1.165, 1.54) is 15.9 Å². The number of ether oxygens (including phenoxy) is 2. The molecule has 2 aromatic rings. The highest BCUT2D eigenvalue weighted by Crippen LogP contribution is 2.46. The summed E-state index contributed by atoms with van der Waals surface area (Å²) < 4.78 is 13.3. The standard InChI is InChI=1S/C23H35N5O6S/c1-13-15(12-27(19(24)30)25-20(31)34-22(2,3)4)35-18-16(13)17(29)28(14-10-23(5,6)11-14)21(32)26(18)8-9-33-7/h14H,8-12H2,1-7H3,(H2,24,30)(H,25,31). The molecule has 2 heterocycles. The number of fused-ring (bicyclic) bond motifs is 1. The number of aromatic nitrogens is 2. The lowest BCUT2D eigenvalue weighted by atomic mass is 9.68. The first-order valence-corrected chi connectivity index (χ1v) is 12.3. The molecule has 0 atom stereocenters. The summed E-state index contributed by atoms with van der Waals surface area (Å²) in [6.45, 7) is 11.6. The maximum atomic E-state index is 13.5. The monoisotopic (exact) mass is 509 g/mol. The van der Waals surface area contributed by atoms with Crippen molar-refractivity contribution in [3.63, 3.8) is 0 Å². The fourth-order valence-electron chi connectivity index (χ4n) is 4.39. The second-order valence-electron chi connectivity index (χ2n) is 10.7. The van der Waals surface area contributed by atoms with Crippen molar-refractivity contribution >= 4 is 33.7 Å². The number of thiophene rings is 1. The fourth-order valence-corrected chi connectivity index (χ4v) is 5.69. The van der Waals surface area contributed by atoms with Crippen LogP contribution in [-0.4, -0.2) is 45.6 Å². The Bertz CT molecular complexity index is 1240. The number of carbonyl (C=O) groups excluding carboxylic acids is 2. The Kier molecular flexibility index (Phi) is 7.37. The summed E-state index contributed by atoms with van der Waals surface area (Å²) in [5.74, 6) is 0. The number of nitrogens with one attached hydrogen (secondary N) is 1. The molecule has 0 unspecified atom stereocenters. The van der Waals surface area contributed by atoms with E-state index in [2.05, 4.69) is 19.3 Å². The van der Waals surface area contributed by atoms with Crippen LogP contribution in [0.5, 0.6) is 0 Å². The highest BCUT2D eigenvalue weighted by molar-refractivity contribution is 7.18. The molecule has 194 valence electrons. The molecular weight excluding hydrogens is 474 g/mol. The molecule has 1 aliphatic rings. The zero-order chi connectivity index (χ0) is 26.3. The molecule has 12 heteroatoms. The second-order valence-corrected chi connectivity index (χ2v) is 11.8. The van der Waals surface area contributed by atoms with Crippen molar-refractivity contribution in [1.82, 2.24) is 19.6 Å². The minimum atomic E-state index is -0.890. The van der Waals surface area contributed by atoms with Gasteiger partial charge in [-0.25, -0.2) is 24.8 Å². The van der Waals surface area contributed by atoms with Crippen LogP contribution in [0.2, 0.25) is 0 Å². The largest absolute Gasteiger partial charge is 0.443 e. The van der Waals surface area contributed by atoms with Crippen LogP contribution < -0.4 is 22.4 Å². The zero-order valence-electron chi connectivity index (χ0n) is 21.4. The Morgan fingerprint density at radius 3 is 2.40 bits per heavy atom. The minimum absolute atomic E-state index is 0.0764. The van der Waals surface area contributed by atoms with E-state index in [9.17, 15) is 19.2 Å². The molecule has 2 aromatic heterocycles. The fraction of sp³-hybridized carbons (Fsp3) is 0.652. The molecule has 0 radical (unpaired) electrons.